The van der Waals surface area contributed by atoms with E-state index < -0.39 is 10.0 Å². The summed E-state index contributed by atoms with van der Waals surface area (Å²) in [5.74, 6) is 0.763. The lowest BCUT2D eigenvalue weighted by molar-refractivity contribution is 0.182. The molecule has 0 aliphatic carbocycles. The summed E-state index contributed by atoms with van der Waals surface area (Å²) in [5, 5.41) is 5.17. The van der Waals surface area contributed by atoms with E-state index in [1.165, 1.54) is 19.3 Å². The molecule has 1 aromatic carbocycles. The zero-order chi connectivity index (χ0) is 15.5. The quantitative estimate of drug-likeness (QED) is 0.900. The Hall–Kier alpha value is -1.11. The molecule has 1 aromatic rings. The van der Waals surface area contributed by atoms with Crippen LogP contribution in [0.4, 0.5) is 0 Å². The second-order valence-electron chi connectivity index (χ2n) is 5.68. The van der Waals surface area contributed by atoms with E-state index in [9.17, 15) is 8.42 Å². The Labute approximate surface area is 127 Å². The first-order valence-corrected chi connectivity index (χ1v) is 8.92. The van der Waals surface area contributed by atoms with E-state index in [-0.39, 0.29) is 4.90 Å². The van der Waals surface area contributed by atoms with Crippen LogP contribution in [-0.4, -0.2) is 39.6 Å². The van der Waals surface area contributed by atoms with Crippen LogP contribution in [0.5, 0.6) is 5.75 Å². The van der Waals surface area contributed by atoms with Gasteiger partial charge in [0, 0.05) is 6.54 Å². The summed E-state index contributed by atoms with van der Waals surface area (Å²) in [6.07, 6.45) is 3.85. The van der Waals surface area contributed by atoms with Gasteiger partial charge in [0.05, 0.1) is 4.90 Å². The maximum absolute atomic E-state index is 11.4. The Balaban J connectivity index is 2.00. The molecule has 0 radical (unpaired) electrons. The van der Waals surface area contributed by atoms with Gasteiger partial charge in [0.2, 0.25) is 10.0 Å². The standard InChI is InChI=1S/C15H24N2O3S/c1-12-10-14(21(16,18)19)11-13(2)15(12)20-9-8-17-6-4-3-5-7-17/h10-11H,3-9H2,1-2H3,(H2,16,18,19). The molecule has 2 N–H and O–H groups in total. The summed E-state index contributed by atoms with van der Waals surface area (Å²) < 4.78 is 28.7. The lowest BCUT2D eigenvalue weighted by Gasteiger charge is -2.26. The summed E-state index contributed by atoms with van der Waals surface area (Å²) in [4.78, 5) is 2.55. The van der Waals surface area contributed by atoms with Gasteiger partial charge in [-0.2, -0.15) is 0 Å². The second-order valence-corrected chi connectivity index (χ2v) is 7.24. The molecule has 21 heavy (non-hydrogen) atoms. The molecule has 0 unspecified atom stereocenters. The molecule has 0 aromatic heterocycles. The van der Waals surface area contributed by atoms with Crippen molar-refractivity contribution in [3.05, 3.63) is 23.3 Å². The van der Waals surface area contributed by atoms with Crippen molar-refractivity contribution in [3.63, 3.8) is 0 Å². The Bertz CT molecular complexity index is 570. The molecule has 0 spiro atoms. The third-order valence-corrected chi connectivity index (χ3v) is 4.76. The molecule has 118 valence electrons. The Morgan fingerprint density at radius 3 is 2.24 bits per heavy atom. The van der Waals surface area contributed by atoms with Crippen LogP contribution in [0.15, 0.2) is 17.0 Å². The summed E-state index contributed by atoms with van der Waals surface area (Å²) in [6.45, 7) is 7.51. The molecule has 2 rings (SSSR count). The van der Waals surface area contributed by atoms with Crippen LogP contribution >= 0.6 is 0 Å². The van der Waals surface area contributed by atoms with Gasteiger partial charge in [-0.1, -0.05) is 6.42 Å². The molecule has 1 aliphatic rings. The third kappa shape index (κ3) is 4.43. The number of piperidine rings is 1. The van der Waals surface area contributed by atoms with E-state index in [1.807, 2.05) is 13.8 Å². The monoisotopic (exact) mass is 312 g/mol. The molecular weight excluding hydrogens is 288 g/mol. The highest BCUT2D eigenvalue weighted by molar-refractivity contribution is 7.89. The van der Waals surface area contributed by atoms with Crippen molar-refractivity contribution in [1.29, 1.82) is 0 Å². The molecule has 0 bridgehead atoms. The van der Waals surface area contributed by atoms with Crippen molar-refractivity contribution < 1.29 is 13.2 Å². The number of likely N-dealkylation sites (tertiary alicyclic amines) is 1. The summed E-state index contributed by atoms with van der Waals surface area (Å²) in [6, 6.07) is 3.14. The number of primary sulfonamides is 1. The fourth-order valence-corrected chi connectivity index (χ4v) is 3.44. The van der Waals surface area contributed by atoms with Crippen LogP contribution in [0.25, 0.3) is 0 Å². The Morgan fingerprint density at radius 1 is 1.14 bits per heavy atom. The average Bonchev–Trinajstić information content (AvgIpc) is 2.42. The van der Waals surface area contributed by atoms with Crippen molar-refractivity contribution in [1.82, 2.24) is 4.90 Å². The number of benzene rings is 1. The van der Waals surface area contributed by atoms with Crippen molar-refractivity contribution in [2.75, 3.05) is 26.2 Å². The molecule has 1 heterocycles. The number of nitrogens with zero attached hydrogens (tertiary/aromatic N) is 1. The number of aryl methyl sites for hydroxylation is 2. The van der Waals surface area contributed by atoms with E-state index in [0.717, 1.165) is 36.5 Å². The fraction of sp³-hybridized carbons (Fsp3) is 0.600. The van der Waals surface area contributed by atoms with Gasteiger partial charge in [0.25, 0.3) is 0 Å². The van der Waals surface area contributed by atoms with Crippen molar-refractivity contribution in [2.45, 2.75) is 38.0 Å². The first-order valence-electron chi connectivity index (χ1n) is 7.37. The molecule has 1 saturated heterocycles. The minimum Gasteiger partial charge on any atom is -0.492 e. The number of hydrogen-bond donors (Lipinski definition) is 1. The van der Waals surface area contributed by atoms with E-state index >= 15 is 0 Å². The van der Waals surface area contributed by atoms with Crippen molar-refractivity contribution >= 4 is 10.0 Å². The largest absolute Gasteiger partial charge is 0.492 e. The van der Waals surface area contributed by atoms with Gasteiger partial charge < -0.3 is 4.74 Å². The molecule has 6 heteroatoms. The summed E-state index contributed by atoms with van der Waals surface area (Å²) in [7, 11) is -3.67. The molecular formula is C15H24N2O3S. The van der Waals surface area contributed by atoms with Crippen LogP contribution in [0.1, 0.15) is 30.4 Å². The Kier molecular flexibility index (Phi) is 5.24. The van der Waals surface area contributed by atoms with Crippen molar-refractivity contribution in [3.8, 4) is 5.75 Å². The van der Waals surface area contributed by atoms with Gasteiger partial charge in [-0.05, 0) is 63.0 Å². The maximum Gasteiger partial charge on any atom is 0.238 e. The van der Waals surface area contributed by atoms with Crippen LogP contribution < -0.4 is 9.88 Å². The van der Waals surface area contributed by atoms with Crippen LogP contribution in [0.3, 0.4) is 0 Å². The minimum absolute atomic E-state index is 0.140. The molecule has 1 fully saturated rings. The zero-order valence-electron chi connectivity index (χ0n) is 12.8. The van der Waals surface area contributed by atoms with E-state index in [0.29, 0.717) is 6.61 Å². The van der Waals surface area contributed by atoms with Gasteiger partial charge >= 0.3 is 0 Å². The smallest absolute Gasteiger partial charge is 0.238 e. The predicted molar refractivity (Wildman–Crippen MR) is 83.1 cm³/mol. The van der Waals surface area contributed by atoms with E-state index in [2.05, 4.69) is 4.90 Å². The summed E-state index contributed by atoms with van der Waals surface area (Å²) in [5.41, 5.74) is 1.61. The van der Waals surface area contributed by atoms with Gasteiger partial charge in [-0.25, -0.2) is 13.6 Å². The highest BCUT2D eigenvalue weighted by Crippen LogP contribution is 2.26. The fourth-order valence-electron chi connectivity index (χ4n) is 2.76. The highest BCUT2D eigenvalue weighted by atomic mass is 32.2. The molecule has 1 aliphatic heterocycles. The lowest BCUT2D eigenvalue weighted by Crippen LogP contribution is -2.33. The predicted octanol–water partition coefficient (Wildman–Crippen LogP) is 1.82. The zero-order valence-corrected chi connectivity index (χ0v) is 13.6. The topological polar surface area (TPSA) is 72.6 Å². The van der Waals surface area contributed by atoms with Gasteiger partial charge in [0.1, 0.15) is 12.4 Å². The lowest BCUT2D eigenvalue weighted by atomic mass is 10.1. The second kappa shape index (κ2) is 6.77. The summed E-state index contributed by atoms with van der Waals surface area (Å²) >= 11 is 0. The average molecular weight is 312 g/mol. The first-order chi connectivity index (χ1) is 9.88. The van der Waals surface area contributed by atoms with Crippen LogP contribution in [0.2, 0.25) is 0 Å². The number of nitrogens with two attached hydrogens (primary N) is 1. The number of ether oxygens (including phenoxy) is 1. The number of sulfonamides is 1. The molecule has 0 saturated carbocycles. The van der Waals surface area contributed by atoms with Crippen LogP contribution in [-0.2, 0) is 10.0 Å². The molecule has 0 atom stereocenters. The molecule has 5 nitrogen and oxygen atoms in total. The van der Waals surface area contributed by atoms with Gasteiger partial charge in [0.15, 0.2) is 0 Å². The number of hydrogen-bond acceptors (Lipinski definition) is 4. The first kappa shape index (κ1) is 16.3. The Morgan fingerprint density at radius 2 is 1.71 bits per heavy atom. The van der Waals surface area contributed by atoms with Crippen molar-refractivity contribution in [2.24, 2.45) is 5.14 Å². The van der Waals surface area contributed by atoms with E-state index in [1.54, 1.807) is 12.1 Å². The highest BCUT2D eigenvalue weighted by Gasteiger charge is 2.14. The van der Waals surface area contributed by atoms with Gasteiger partial charge in [-0.3, -0.25) is 4.90 Å². The SMILES string of the molecule is Cc1cc(S(N)(=O)=O)cc(C)c1OCCN1CCCCC1. The molecule has 0 amide bonds. The third-order valence-electron chi connectivity index (χ3n) is 3.86. The van der Waals surface area contributed by atoms with E-state index in [4.69, 9.17) is 9.88 Å². The van der Waals surface area contributed by atoms with Crippen LogP contribution in [0, 0.1) is 13.8 Å². The normalized spacial score (nSPS) is 16.9. The maximum atomic E-state index is 11.4. The number of rotatable bonds is 5. The minimum atomic E-state index is -3.67. The van der Waals surface area contributed by atoms with Gasteiger partial charge in [-0.15, -0.1) is 0 Å².